The molecule has 0 saturated carbocycles. The molecule has 2 aromatic carbocycles. The Morgan fingerprint density at radius 3 is 2.29 bits per heavy atom. The minimum Gasteiger partial charge on any atom is -0.459 e. The number of nitrogens with zero attached hydrogens (tertiary/aromatic N) is 1. The Hall–Kier alpha value is -3.76. The monoisotopic (exact) mass is 481 g/mol. The van der Waals surface area contributed by atoms with Crippen LogP contribution in [-0.4, -0.2) is 43.0 Å². The molecule has 8 nitrogen and oxygen atoms in total. The molecule has 0 atom stereocenters. The second-order valence-electron chi connectivity index (χ2n) is 8.26. The standard InChI is InChI=1S/C23H26F3N3O5/c1-15-8-7-9-16(12-15)28-21(32)27-13-19(30)29(14-20(31)34-22(2,3)4)17-10-5-6-11-18(17)33-23(24,25)26/h5-12H,13-14H2,1-4H3,(H2,27,28,32). The number of nitrogens with one attached hydrogen (secondary N) is 2. The average Bonchev–Trinajstić information content (AvgIpc) is 2.68. The first kappa shape index (κ1) is 26.5. The van der Waals surface area contributed by atoms with Crippen LogP contribution in [0.1, 0.15) is 26.3 Å². The first-order valence-corrected chi connectivity index (χ1v) is 10.2. The summed E-state index contributed by atoms with van der Waals surface area (Å²) in [5, 5.41) is 4.88. The molecule has 2 rings (SSSR count). The second kappa shape index (κ2) is 10.9. The lowest BCUT2D eigenvalue weighted by Crippen LogP contribution is -2.45. The number of para-hydroxylation sites is 2. The lowest BCUT2D eigenvalue weighted by Gasteiger charge is -2.27. The number of amides is 3. The van der Waals surface area contributed by atoms with Crippen LogP contribution in [0.25, 0.3) is 0 Å². The molecule has 3 amide bonds. The summed E-state index contributed by atoms with van der Waals surface area (Å²) in [5.74, 6) is -2.40. The summed E-state index contributed by atoms with van der Waals surface area (Å²) >= 11 is 0. The van der Waals surface area contributed by atoms with Gasteiger partial charge in [-0.1, -0.05) is 24.3 Å². The van der Waals surface area contributed by atoms with Gasteiger partial charge in [-0.15, -0.1) is 13.2 Å². The topological polar surface area (TPSA) is 97.0 Å². The van der Waals surface area contributed by atoms with Crippen LogP contribution in [0.4, 0.5) is 29.3 Å². The van der Waals surface area contributed by atoms with E-state index in [1.165, 1.54) is 18.2 Å². The van der Waals surface area contributed by atoms with E-state index in [0.717, 1.165) is 16.5 Å². The number of anilines is 2. The number of carbonyl (C=O) groups is 3. The summed E-state index contributed by atoms with van der Waals surface area (Å²) < 4.78 is 47.9. The summed E-state index contributed by atoms with van der Waals surface area (Å²) in [6.45, 7) is 5.34. The first-order valence-electron chi connectivity index (χ1n) is 10.2. The van der Waals surface area contributed by atoms with E-state index in [0.29, 0.717) is 5.69 Å². The zero-order valence-corrected chi connectivity index (χ0v) is 19.2. The van der Waals surface area contributed by atoms with Gasteiger partial charge < -0.3 is 20.1 Å². The maximum atomic E-state index is 12.9. The molecule has 0 saturated heterocycles. The molecule has 184 valence electrons. The highest BCUT2D eigenvalue weighted by Gasteiger charge is 2.34. The number of hydrogen-bond donors (Lipinski definition) is 2. The maximum Gasteiger partial charge on any atom is 0.573 e. The van der Waals surface area contributed by atoms with Gasteiger partial charge in [0.1, 0.15) is 12.1 Å². The van der Waals surface area contributed by atoms with Crippen molar-refractivity contribution in [2.45, 2.75) is 39.7 Å². The van der Waals surface area contributed by atoms with Crippen molar-refractivity contribution in [3.8, 4) is 5.75 Å². The highest BCUT2D eigenvalue weighted by Crippen LogP contribution is 2.33. The SMILES string of the molecule is Cc1cccc(NC(=O)NCC(=O)N(CC(=O)OC(C)(C)C)c2ccccc2OC(F)(F)F)c1. The normalized spacial score (nSPS) is 11.4. The zero-order valence-electron chi connectivity index (χ0n) is 19.2. The minimum atomic E-state index is -5.03. The Morgan fingerprint density at radius 2 is 1.68 bits per heavy atom. The molecular weight excluding hydrogens is 455 g/mol. The van der Waals surface area contributed by atoms with E-state index in [4.69, 9.17) is 4.74 Å². The van der Waals surface area contributed by atoms with E-state index < -0.39 is 48.7 Å². The molecule has 0 aromatic heterocycles. The van der Waals surface area contributed by atoms with Crippen molar-refractivity contribution < 1.29 is 37.0 Å². The summed E-state index contributed by atoms with van der Waals surface area (Å²) in [5.41, 5.74) is 0.189. The molecule has 2 aromatic rings. The summed E-state index contributed by atoms with van der Waals surface area (Å²) in [4.78, 5) is 38.2. The van der Waals surface area contributed by atoms with Gasteiger partial charge in [0, 0.05) is 5.69 Å². The highest BCUT2D eigenvalue weighted by molar-refractivity contribution is 6.02. The number of urea groups is 1. The number of ether oxygens (including phenoxy) is 2. The Bertz CT molecular complexity index is 1030. The lowest BCUT2D eigenvalue weighted by molar-refractivity contribution is -0.274. The smallest absolute Gasteiger partial charge is 0.459 e. The van der Waals surface area contributed by atoms with E-state index in [2.05, 4.69) is 15.4 Å². The van der Waals surface area contributed by atoms with Crippen LogP contribution in [0.3, 0.4) is 0 Å². The van der Waals surface area contributed by atoms with Crippen LogP contribution in [0.2, 0.25) is 0 Å². The third kappa shape index (κ3) is 9.00. The van der Waals surface area contributed by atoms with E-state index >= 15 is 0 Å². The molecule has 0 fully saturated rings. The Balaban J connectivity index is 2.21. The van der Waals surface area contributed by atoms with Gasteiger partial charge in [0.05, 0.1) is 12.2 Å². The summed E-state index contributed by atoms with van der Waals surface area (Å²) in [7, 11) is 0. The fourth-order valence-electron chi connectivity index (χ4n) is 2.85. The molecule has 0 radical (unpaired) electrons. The number of aryl methyl sites for hydroxylation is 1. The number of rotatable bonds is 7. The number of esters is 1. The summed E-state index contributed by atoms with van der Waals surface area (Å²) in [6.07, 6.45) is -5.03. The van der Waals surface area contributed by atoms with Crippen LogP contribution in [0.15, 0.2) is 48.5 Å². The van der Waals surface area contributed by atoms with Crippen LogP contribution >= 0.6 is 0 Å². The van der Waals surface area contributed by atoms with Gasteiger partial charge in [0.25, 0.3) is 0 Å². The molecule has 11 heteroatoms. The molecule has 0 aliphatic rings. The minimum absolute atomic E-state index is 0.309. The molecule has 0 aliphatic carbocycles. The summed E-state index contributed by atoms with van der Waals surface area (Å²) in [6, 6.07) is 11.1. The molecule has 0 aliphatic heterocycles. The molecule has 34 heavy (non-hydrogen) atoms. The van der Waals surface area contributed by atoms with Crippen molar-refractivity contribution in [3.63, 3.8) is 0 Å². The lowest BCUT2D eigenvalue weighted by atomic mass is 10.2. The number of hydrogen-bond acceptors (Lipinski definition) is 5. The third-order valence-electron chi connectivity index (χ3n) is 4.07. The van der Waals surface area contributed by atoms with Gasteiger partial charge in [0.15, 0.2) is 5.75 Å². The van der Waals surface area contributed by atoms with Gasteiger partial charge in [-0.3, -0.25) is 14.5 Å². The molecule has 0 spiro atoms. The van der Waals surface area contributed by atoms with E-state index in [1.807, 2.05) is 13.0 Å². The average molecular weight is 481 g/mol. The van der Waals surface area contributed by atoms with Crippen molar-refractivity contribution in [1.82, 2.24) is 5.32 Å². The highest BCUT2D eigenvalue weighted by atomic mass is 19.4. The predicted molar refractivity (Wildman–Crippen MR) is 120 cm³/mol. The van der Waals surface area contributed by atoms with Crippen LogP contribution in [0.5, 0.6) is 5.75 Å². The fraction of sp³-hybridized carbons (Fsp3) is 0.348. The number of alkyl halides is 3. The molecule has 0 unspecified atom stereocenters. The van der Waals surface area contributed by atoms with E-state index in [-0.39, 0.29) is 5.69 Å². The predicted octanol–water partition coefficient (Wildman–Crippen LogP) is 4.39. The quantitative estimate of drug-likeness (QED) is 0.572. The van der Waals surface area contributed by atoms with Gasteiger partial charge in [-0.2, -0.15) is 0 Å². The second-order valence-corrected chi connectivity index (χ2v) is 8.26. The van der Waals surface area contributed by atoms with E-state index in [9.17, 15) is 27.6 Å². The molecule has 0 heterocycles. The third-order valence-corrected chi connectivity index (χ3v) is 4.07. The number of carbonyl (C=O) groups excluding carboxylic acids is 3. The largest absolute Gasteiger partial charge is 0.573 e. The fourth-order valence-corrected chi connectivity index (χ4v) is 2.85. The first-order chi connectivity index (χ1) is 15.7. The van der Waals surface area contributed by atoms with Crippen molar-refractivity contribution in [1.29, 1.82) is 0 Å². The van der Waals surface area contributed by atoms with Gasteiger partial charge in [-0.25, -0.2) is 4.79 Å². The maximum absolute atomic E-state index is 12.9. The Morgan fingerprint density at radius 1 is 1.00 bits per heavy atom. The van der Waals surface area contributed by atoms with Crippen LogP contribution < -0.4 is 20.3 Å². The van der Waals surface area contributed by atoms with Crippen molar-refractivity contribution in [2.75, 3.05) is 23.3 Å². The van der Waals surface area contributed by atoms with Crippen molar-refractivity contribution >= 4 is 29.3 Å². The molecule has 2 N–H and O–H groups in total. The van der Waals surface area contributed by atoms with Gasteiger partial charge in [0.2, 0.25) is 5.91 Å². The number of benzene rings is 2. The Kier molecular flexibility index (Phi) is 8.50. The van der Waals surface area contributed by atoms with Crippen LogP contribution in [0, 0.1) is 6.92 Å². The molecule has 0 bridgehead atoms. The van der Waals surface area contributed by atoms with Gasteiger partial charge in [-0.05, 0) is 57.5 Å². The van der Waals surface area contributed by atoms with Crippen molar-refractivity contribution in [3.05, 3.63) is 54.1 Å². The van der Waals surface area contributed by atoms with Crippen molar-refractivity contribution in [2.24, 2.45) is 0 Å². The zero-order chi connectivity index (χ0) is 25.5. The van der Waals surface area contributed by atoms with Gasteiger partial charge >= 0.3 is 18.4 Å². The number of halogens is 3. The van der Waals surface area contributed by atoms with Crippen LogP contribution in [-0.2, 0) is 14.3 Å². The molecular formula is C23H26F3N3O5. The Labute approximate surface area is 195 Å². The van der Waals surface area contributed by atoms with E-state index in [1.54, 1.807) is 39.0 Å².